The lowest BCUT2D eigenvalue weighted by Crippen LogP contribution is -2.46. The quantitative estimate of drug-likeness (QED) is 0.336. The largest absolute Gasteiger partial charge is 0.351 e. The number of anilines is 1. The first-order valence-corrected chi connectivity index (χ1v) is 11.1. The number of halogens is 3. The molecule has 1 N–H and O–H groups in total. The fourth-order valence-electron chi connectivity index (χ4n) is 4.09. The molecule has 0 aliphatic carbocycles. The number of rotatable bonds is 4. The lowest BCUT2D eigenvalue weighted by molar-refractivity contribution is 0.404. The first-order chi connectivity index (χ1) is 16.8. The van der Waals surface area contributed by atoms with Gasteiger partial charge in [-0.05, 0) is 55.9 Å². The second kappa shape index (κ2) is 8.99. The SMILES string of the molecule is CC1=C(c2nc(-c3cccc(F)c3)no2)C(c2ccc(C)cc2)NC(=S)N1c1cc(F)cc(F)c1. The van der Waals surface area contributed by atoms with Crippen LogP contribution in [0.3, 0.4) is 0 Å². The van der Waals surface area contributed by atoms with E-state index < -0.39 is 23.5 Å². The molecule has 0 fully saturated rings. The molecule has 4 aromatic rings. The summed E-state index contributed by atoms with van der Waals surface area (Å²) >= 11 is 5.60. The lowest BCUT2D eigenvalue weighted by Gasteiger charge is -2.37. The van der Waals surface area contributed by atoms with Crippen LogP contribution in [-0.4, -0.2) is 15.3 Å². The van der Waals surface area contributed by atoms with Gasteiger partial charge >= 0.3 is 0 Å². The highest BCUT2D eigenvalue weighted by atomic mass is 32.1. The van der Waals surface area contributed by atoms with Gasteiger partial charge in [0, 0.05) is 17.3 Å². The van der Waals surface area contributed by atoms with Crippen molar-refractivity contribution in [2.75, 3.05) is 4.90 Å². The molecule has 1 atom stereocenters. The number of allylic oxidation sites excluding steroid dienone is 1. The van der Waals surface area contributed by atoms with Crippen molar-refractivity contribution in [3.05, 3.63) is 107 Å². The Morgan fingerprint density at radius 2 is 1.63 bits per heavy atom. The number of hydrogen-bond acceptors (Lipinski definition) is 4. The number of nitrogens with zero attached hydrogens (tertiary/aromatic N) is 3. The predicted octanol–water partition coefficient (Wildman–Crippen LogP) is 6.33. The molecule has 1 unspecified atom stereocenters. The maximum Gasteiger partial charge on any atom is 0.258 e. The minimum absolute atomic E-state index is 0.171. The average Bonchev–Trinajstić information content (AvgIpc) is 3.28. The van der Waals surface area contributed by atoms with Crippen LogP contribution in [0.2, 0.25) is 0 Å². The fourth-order valence-corrected chi connectivity index (χ4v) is 4.45. The number of thiocarbonyl (C=S) groups is 1. The van der Waals surface area contributed by atoms with Crippen LogP contribution < -0.4 is 10.2 Å². The van der Waals surface area contributed by atoms with E-state index >= 15 is 0 Å². The molecule has 1 aliphatic rings. The van der Waals surface area contributed by atoms with E-state index in [9.17, 15) is 13.2 Å². The zero-order chi connectivity index (χ0) is 24.7. The molecule has 35 heavy (non-hydrogen) atoms. The molecule has 9 heteroatoms. The highest BCUT2D eigenvalue weighted by Gasteiger charge is 2.35. The van der Waals surface area contributed by atoms with Gasteiger partial charge in [-0.15, -0.1) is 0 Å². The van der Waals surface area contributed by atoms with Crippen LogP contribution in [0.5, 0.6) is 0 Å². The van der Waals surface area contributed by atoms with Crippen LogP contribution in [0.25, 0.3) is 17.0 Å². The molecule has 1 aromatic heterocycles. The van der Waals surface area contributed by atoms with Crippen LogP contribution in [0.1, 0.15) is 30.0 Å². The van der Waals surface area contributed by atoms with Crippen molar-refractivity contribution < 1.29 is 17.7 Å². The fraction of sp³-hybridized carbons (Fsp3) is 0.115. The summed E-state index contributed by atoms with van der Waals surface area (Å²) < 4.78 is 47.4. The Hall–Kier alpha value is -3.98. The Balaban J connectivity index is 1.67. The Bertz CT molecular complexity index is 1450. The van der Waals surface area contributed by atoms with Crippen molar-refractivity contribution in [1.29, 1.82) is 0 Å². The van der Waals surface area contributed by atoms with Gasteiger partial charge in [-0.2, -0.15) is 4.98 Å². The molecule has 2 heterocycles. The third-order valence-electron chi connectivity index (χ3n) is 5.74. The Kier molecular flexibility index (Phi) is 5.86. The number of benzene rings is 3. The van der Waals surface area contributed by atoms with Crippen LogP contribution >= 0.6 is 12.2 Å². The number of aryl methyl sites for hydroxylation is 1. The number of hydrogen-bond donors (Lipinski definition) is 1. The molecule has 0 saturated heterocycles. The Morgan fingerprint density at radius 1 is 0.914 bits per heavy atom. The molecule has 0 bridgehead atoms. The first-order valence-electron chi connectivity index (χ1n) is 10.7. The van der Waals surface area contributed by atoms with Gasteiger partial charge in [-0.25, -0.2) is 13.2 Å². The summed E-state index contributed by atoms with van der Waals surface area (Å²) in [5.41, 5.74) is 3.75. The van der Waals surface area contributed by atoms with Crippen molar-refractivity contribution in [1.82, 2.24) is 15.5 Å². The van der Waals surface area contributed by atoms with Crippen LogP contribution in [0, 0.1) is 24.4 Å². The maximum absolute atomic E-state index is 14.0. The molecule has 0 saturated carbocycles. The molecular formula is C26H19F3N4OS. The molecule has 0 spiro atoms. The molecule has 176 valence electrons. The molecular weight excluding hydrogens is 473 g/mol. The lowest BCUT2D eigenvalue weighted by atomic mass is 9.94. The minimum atomic E-state index is -0.732. The summed E-state index contributed by atoms with van der Waals surface area (Å²) in [6.45, 7) is 3.74. The third kappa shape index (κ3) is 4.42. The molecule has 5 nitrogen and oxygen atoms in total. The van der Waals surface area contributed by atoms with Crippen LogP contribution in [-0.2, 0) is 0 Å². The molecule has 0 radical (unpaired) electrons. The van der Waals surface area contributed by atoms with Crippen molar-refractivity contribution >= 4 is 28.6 Å². The summed E-state index contributed by atoms with van der Waals surface area (Å²) in [7, 11) is 0. The molecule has 5 rings (SSSR count). The van der Waals surface area contributed by atoms with Gasteiger partial charge in [0.2, 0.25) is 5.82 Å². The topological polar surface area (TPSA) is 54.2 Å². The van der Waals surface area contributed by atoms with E-state index in [1.165, 1.54) is 29.2 Å². The third-order valence-corrected chi connectivity index (χ3v) is 6.04. The Labute approximate surface area is 204 Å². The second-order valence-corrected chi connectivity index (χ2v) is 8.58. The highest BCUT2D eigenvalue weighted by Crippen LogP contribution is 2.39. The van der Waals surface area contributed by atoms with Crippen molar-refractivity contribution in [3.8, 4) is 11.4 Å². The van der Waals surface area contributed by atoms with E-state index in [0.717, 1.165) is 17.2 Å². The maximum atomic E-state index is 14.0. The smallest absolute Gasteiger partial charge is 0.258 e. The van der Waals surface area contributed by atoms with Crippen molar-refractivity contribution in [3.63, 3.8) is 0 Å². The molecule has 0 amide bonds. The van der Waals surface area contributed by atoms with Crippen LogP contribution in [0.15, 0.2) is 77.0 Å². The number of aromatic nitrogens is 2. The summed E-state index contributed by atoms with van der Waals surface area (Å²) in [5, 5.41) is 7.54. The highest BCUT2D eigenvalue weighted by molar-refractivity contribution is 7.80. The number of nitrogens with one attached hydrogen (secondary N) is 1. The van der Waals surface area contributed by atoms with E-state index in [-0.39, 0.29) is 22.5 Å². The molecule has 3 aromatic carbocycles. The summed E-state index contributed by atoms with van der Waals surface area (Å²) in [6, 6.07) is 16.4. The van der Waals surface area contributed by atoms with Gasteiger partial charge in [0.15, 0.2) is 5.11 Å². The van der Waals surface area contributed by atoms with E-state index in [1.54, 1.807) is 19.1 Å². The standard InChI is InChI=1S/C26H19F3N4OS/c1-14-6-8-16(9-7-14)23-22(25-31-24(32-34-25)17-4-3-5-18(27)10-17)15(2)33(26(35)30-23)21-12-19(28)11-20(29)13-21/h3-13,23H,1-2H3,(H,30,35). The average molecular weight is 493 g/mol. The van der Waals surface area contributed by atoms with E-state index in [2.05, 4.69) is 15.5 Å². The summed E-state index contributed by atoms with van der Waals surface area (Å²) in [5.74, 6) is -1.51. The monoisotopic (exact) mass is 492 g/mol. The molecule has 1 aliphatic heterocycles. The Morgan fingerprint density at radius 3 is 2.31 bits per heavy atom. The predicted molar refractivity (Wildman–Crippen MR) is 131 cm³/mol. The van der Waals surface area contributed by atoms with E-state index in [4.69, 9.17) is 16.7 Å². The van der Waals surface area contributed by atoms with Crippen molar-refractivity contribution in [2.24, 2.45) is 0 Å². The van der Waals surface area contributed by atoms with Gasteiger partial charge in [0.25, 0.3) is 5.89 Å². The van der Waals surface area contributed by atoms with Crippen LogP contribution in [0.4, 0.5) is 18.9 Å². The summed E-state index contributed by atoms with van der Waals surface area (Å²) in [4.78, 5) is 6.04. The van der Waals surface area contributed by atoms with E-state index in [1.807, 2.05) is 31.2 Å². The van der Waals surface area contributed by atoms with Gasteiger partial charge in [-0.3, -0.25) is 4.90 Å². The normalized spacial score (nSPS) is 16.0. The minimum Gasteiger partial charge on any atom is -0.351 e. The van der Waals surface area contributed by atoms with Gasteiger partial charge in [0.1, 0.15) is 17.5 Å². The second-order valence-electron chi connectivity index (χ2n) is 8.19. The van der Waals surface area contributed by atoms with Gasteiger partial charge in [-0.1, -0.05) is 47.1 Å². The van der Waals surface area contributed by atoms with Crippen molar-refractivity contribution in [2.45, 2.75) is 19.9 Å². The first kappa shape index (κ1) is 22.8. The van der Waals surface area contributed by atoms with Gasteiger partial charge < -0.3 is 9.84 Å². The van der Waals surface area contributed by atoms with Gasteiger partial charge in [0.05, 0.1) is 17.3 Å². The summed E-state index contributed by atoms with van der Waals surface area (Å²) in [6.07, 6.45) is 0. The van der Waals surface area contributed by atoms with E-state index in [0.29, 0.717) is 16.8 Å². The zero-order valence-electron chi connectivity index (χ0n) is 18.7. The zero-order valence-corrected chi connectivity index (χ0v) is 19.5.